The maximum Gasteiger partial charge on any atom is 0.0900 e. The Morgan fingerprint density at radius 1 is 0.351 bits per heavy atom. The van der Waals surface area contributed by atoms with Gasteiger partial charge in [0.2, 0.25) is 0 Å². The summed E-state index contributed by atoms with van der Waals surface area (Å²) >= 11 is 0. The van der Waals surface area contributed by atoms with E-state index in [9.17, 15) is 0 Å². The summed E-state index contributed by atoms with van der Waals surface area (Å²) in [5.74, 6) is 0. The first-order valence-electron chi connectivity index (χ1n) is 24.0. The van der Waals surface area contributed by atoms with E-state index in [1.54, 1.807) is 0 Å². The molecular weight excluding hydrogens is 693 g/mol. The van der Waals surface area contributed by atoms with Crippen LogP contribution in [0.15, 0.2) is 85.2 Å². The van der Waals surface area contributed by atoms with Gasteiger partial charge < -0.3 is 4.90 Å². The number of aromatic nitrogens is 3. The van der Waals surface area contributed by atoms with Crippen LogP contribution < -0.4 is 4.90 Å². The molecule has 3 aromatic heterocycles. The van der Waals surface area contributed by atoms with Gasteiger partial charge in [0.1, 0.15) is 0 Å². The smallest absolute Gasteiger partial charge is 0.0900 e. The van der Waals surface area contributed by atoms with E-state index in [1.807, 2.05) is 48.8 Å². The minimum Gasteiger partial charge on any atom is -0.372 e. The number of anilines is 1. The van der Waals surface area contributed by atoms with Gasteiger partial charge in [-0.2, -0.15) is 0 Å². The van der Waals surface area contributed by atoms with Crippen LogP contribution in [0.5, 0.6) is 0 Å². The maximum atomic E-state index is 4.99. The molecule has 57 heavy (non-hydrogen) atoms. The Balaban J connectivity index is 1.27. The lowest BCUT2D eigenvalue weighted by Gasteiger charge is -2.25. The van der Waals surface area contributed by atoms with Gasteiger partial charge in [0.15, 0.2) is 0 Å². The topological polar surface area (TPSA) is 41.9 Å². The van der Waals surface area contributed by atoms with Crippen molar-refractivity contribution < 1.29 is 0 Å². The molecule has 0 saturated carbocycles. The molecule has 0 aliphatic heterocycles. The van der Waals surface area contributed by atoms with Crippen molar-refractivity contribution >= 4 is 5.69 Å². The Morgan fingerprint density at radius 3 is 1.04 bits per heavy atom. The number of hydrogen-bond donors (Lipinski definition) is 0. The molecule has 0 amide bonds. The average molecular weight is 773 g/mol. The van der Waals surface area contributed by atoms with Crippen LogP contribution in [0.1, 0.15) is 194 Å². The maximum absolute atomic E-state index is 4.99. The van der Waals surface area contributed by atoms with Gasteiger partial charge in [0, 0.05) is 31.2 Å². The number of hydrogen-bond acceptors (Lipinski definition) is 4. The Labute approximate surface area is 350 Å². The zero-order valence-corrected chi connectivity index (χ0v) is 36.6. The molecular formula is C53H80N4. The highest BCUT2D eigenvalue weighted by Gasteiger charge is 2.12. The van der Waals surface area contributed by atoms with Crippen molar-refractivity contribution in [2.75, 3.05) is 18.0 Å². The van der Waals surface area contributed by atoms with Gasteiger partial charge in [-0.15, -0.1) is 0 Å². The highest BCUT2D eigenvalue weighted by atomic mass is 15.1. The van der Waals surface area contributed by atoms with E-state index in [4.69, 9.17) is 4.98 Å². The SMILES string of the molecule is CCCCCCCCCCCCCCCCN(CCCCCCCCCCCCCCCC)c1ccc(-c2cc(-c3ccccn3)nc(-c3ccccn3)c2)cc1. The summed E-state index contributed by atoms with van der Waals surface area (Å²) in [6, 6.07) is 25.7. The van der Waals surface area contributed by atoms with Crippen LogP contribution in [0, 0.1) is 0 Å². The quantitative estimate of drug-likeness (QED) is 0.0444. The first-order chi connectivity index (χ1) is 28.3. The molecule has 3 heterocycles. The Kier molecular flexibility index (Phi) is 24.7. The van der Waals surface area contributed by atoms with Crippen molar-refractivity contribution in [1.82, 2.24) is 15.0 Å². The van der Waals surface area contributed by atoms with E-state index in [0.717, 1.165) is 41.4 Å². The van der Waals surface area contributed by atoms with Crippen LogP contribution >= 0.6 is 0 Å². The fourth-order valence-electron chi connectivity index (χ4n) is 8.22. The van der Waals surface area contributed by atoms with Crippen molar-refractivity contribution in [3.05, 3.63) is 85.2 Å². The Bertz CT molecular complexity index is 1430. The summed E-state index contributed by atoms with van der Waals surface area (Å²) in [7, 11) is 0. The van der Waals surface area contributed by atoms with Gasteiger partial charge >= 0.3 is 0 Å². The normalized spacial score (nSPS) is 11.3. The number of benzene rings is 1. The van der Waals surface area contributed by atoms with Gasteiger partial charge in [0.05, 0.1) is 22.8 Å². The monoisotopic (exact) mass is 773 g/mol. The highest BCUT2D eigenvalue weighted by Crippen LogP contribution is 2.30. The second-order valence-electron chi connectivity index (χ2n) is 16.8. The molecule has 0 N–H and O–H groups in total. The van der Waals surface area contributed by atoms with E-state index in [1.165, 1.54) is 191 Å². The summed E-state index contributed by atoms with van der Waals surface area (Å²) < 4.78 is 0. The average Bonchev–Trinajstić information content (AvgIpc) is 3.26. The van der Waals surface area contributed by atoms with Gasteiger partial charge in [0.25, 0.3) is 0 Å². The summed E-state index contributed by atoms with van der Waals surface area (Å²) in [6.45, 7) is 6.91. The van der Waals surface area contributed by atoms with Crippen LogP contribution in [-0.2, 0) is 0 Å². The predicted molar refractivity (Wildman–Crippen MR) is 249 cm³/mol. The molecule has 312 valence electrons. The molecule has 4 heteroatoms. The molecule has 0 saturated heterocycles. The zero-order chi connectivity index (χ0) is 39.9. The number of pyridine rings is 3. The third-order valence-electron chi connectivity index (χ3n) is 11.8. The lowest BCUT2D eigenvalue weighted by Crippen LogP contribution is -2.25. The molecule has 0 aliphatic carbocycles. The van der Waals surface area contributed by atoms with Gasteiger partial charge in [-0.05, 0) is 72.5 Å². The number of rotatable bonds is 34. The second-order valence-corrected chi connectivity index (χ2v) is 16.8. The molecule has 0 fully saturated rings. The molecule has 0 atom stereocenters. The molecule has 4 aromatic rings. The lowest BCUT2D eigenvalue weighted by molar-refractivity contribution is 0.529. The molecule has 4 nitrogen and oxygen atoms in total. The van der Waals surface area contributed by atoms with Crippen molar-refractivity contribution in [1.29, 1.82) is 0 Å². The van der Waals surface area contributed by atoms with E-state index >= 15 is 0 Å². The molecule has 0 spiro atoms. The first kappa shape index (κ1) is 46.2. The Morgan fingerprint density at radius 2 is 0.702 bits per heavy atom. The summed E-state index contributed by atoms with van der Waals surface area (Å²) in [5.41, 5.74) is 7.19. The second kappa shape index (κ2) is 30.5. The first-order valence-corrected chi connectivity index (χ1v) is 24.0. The number of unbranched alkanes of at least 4 members (excludes halogenated alkanes) is 26. The summed E-state index contributed by atoms with van der Waals surface area (Å²) in [5, 5.41) is 0. The van der Waals surface area contributed by atoms with Crippen LogP contribution in [0.25, 0.3) is 33.9 Å². The van der Waals surface area contributed by atoms with E-state index in [2.05, 4.69) is 65.1 Å². The Hall–Kier alpha value is -3.53. The van der Waals surface area contributed by atoms with E-state index in [-0.39, 0.29) is 0 Å². The minimum atomic E-state index is 0.870. The predicted octanol–water partition coefficient (Wildman–Crippen LogP) is 16.6. The van der Waals surface area contributed by atoms with Gasteiger partial charge in [-0.3, -0.25) is 9.97 Å². The molecule has 4 rings (SSSR count). The van der Waals surface area contributed by atoms with Crippen LogP contribution in [-0.4, -0.2) is 28.0 Å². The van der Waals surface area contributed by atoms with Crippen LogP contribution in [0.2, 0.25) is 0 Å². The third kappa shape index (κ3) is 19.7. The van der Waals surface area contributed by atoms with Crippen molar-refractivity contribution in [2.24, 2.45) is 0 Å². The van der Waals surface area contributed by atoms with Crippen molar-refractivity contribution in [3.63, 3.8) is 0 Å². The lowest BCUT2D eigenvalue weighted by atomic mass is 10.0. The van der Waals surface area contributed by atoms with E-state index < -0.39 is 0 Å². The number of nitrogens with zero attached hydrogens (tertiary/aromatic N) is 4. The van der Waals surface area contributed by atoms with E-state index in [0.29, 0.717) is 0 Å². The largest absolute Gasteiger partial charge is 0.372 e. The molecule has 1 aromatic carbocycles. The fourth-order valence-corrected chi connectivity index (χ4v) is 8.22. The summed E-state index contributed by atoms with van der Waals surface area (Å²) in [4.78, 5) is 16.9. The van der Waals surface area contributed by atoms with Gasteiger partial charge in [-0.1, -0.05) is 205 Å². The summed E-state index contributed by atoms with van der Waals surface area (Å²) in [6.07, 6.45) is 43.0. The molecule has 0 aliphatic rings. The van der Waals surface area contributed by atoms with Crippen molar-refractivity contribution in [2.45, 2.75) is 194 Å². The van der Waals surface area contributed by atoms with Crippen LogP contribution in [0.3, 0.4) is 0 Å². The molecule has 0 bridgehead atoms. The molecule has 0 unspecified atom stereocenters. The minimum absolute atomic E-state index is 0.870. The molecule has 0 radical (unpaired) electrons. The third-order valence-corrected chi connectivity index (χ3v) is 11.8. The zero-order valence-electron chi connectivity index (χ0n) is 36.6. The standard InChI is InChI=1S/C53H80N4/c1-3-5-7-9-11-13-15-17-19-21-23-25-27-33-43-57(44-34-28-26-24-22-20-18-16-14-12-10-8-6-4-2)49-39-37-47(38-40-49)48-45-52(50-35-29-31-41-54-50)56-53(46-48)51-36-30-32-42-55-51/h29-32,35-42,45-46H,3-28,33-34,43-44H2,1-2H3. The highest BCUT2D eigenvalue weighted by molar-refractivity contribution is 5.75. The van der Waals surface area contributed by atoms with Crippen LogP contribution in [0.4, 0.5) is 5.69 Å². The van der Waals surface area contributed by atoms with Gasteiger partial charge in [-0.25, -0.2) is 4.98 Å². The van der Waals surface area contributed by atoms with Crippen molar-refractivity contribution in [3.8, 4) is 33.9 Å². The fraction of sp³-hybridized carbons (Fsp3) is 0.604.